The molecule has 1 aromatic carbocycles. The number of hydrogen-bond donors (Lipinski definition) is 2. The molecule has 0 aliphatic carbocycles. The lowest BCUT2D eigenvalue weighted by atomic mass is 10.0. The van der Waals surface area contributed by atoms with E-state index in [4.69, 9.17) is 10.8 Å². The van der Waals surface area contributed by atoms with Crippen LogP contribution in [0.4, 0.5) is 0 Å². The van der Waals surface area contributed by atoms with Crippen LogP contribution in [0.5, 0.6) is 5.75 Å². The van der Waals surface area contributed by atoms with Crippen LogP contribution < -0.4 is 5.73 Å². The highest BCUT2D eigenvalue weighted by atomic mass is 16.3. The molecule has 0 aliphatic rings. The Labute approximate surface area is 96.3 Å². The van der Waals surface area contributed by atoms with Gasteiger partial charge in [-0.05, 0) is 36.6 Å². The Bertz CT molecular complexity index is 332. The number of phenols is 1. The quantitative estimate of drug-likeness (QED) is 0.771. The van der Waals surface area contributed by atoms with Crippen LogP contribution in [0.2, 0.25) is 0 Å². The molecule has 0 amide bonds. The molecule has 3 N–H and O–H groups in total. The maximum absolute atomic E-state index is 11.6. The Kier molecular flexibility index (Phi) is 4.99. The van der Waals surface area contributed by atoms with Crippen molar-refractivity contribution in [2.24, 2.45) is 11.7 Å². The van der Waals surface area contributed by atoms with Gasteiger partial charge in [0.25, 0.3) is 0 Å². The van der Waals surface area contributed by atoms with E-state index in [9.17, 15) is 4.79 Å². The third-order valence-electron chi connectivity index (χ3n) is 2.66. The van der Waals surface area contributed by atoms with Crippen molar-refractivity contribution in [2.45, 2.75) is 26.2 Å². The Morgan fingerprint density at radius 2 is 2.00 bits per heavy atom. The molecule has 88 valence electrons. The zero-order chi connectivity index (χ0) is 12.0. The minimum atomic E-state index is 0.228. The fraction of sp³-hybridized carbons (Fsp3) is 0.462. The molecule has 1 rings (SSSR count). The average molecular weight is 221 g/mol. The summed E-state index contributed by atoms with van der Waals surface area (Å²) in [6.07, 6.45) is 1.88. The number of benzene rings is 1. The molecule has 0 radical (unpaired) electrons. The van der Waals surface area contributed by atoms with Gasteiger partial charge in [-0.3, -0.25) is 4.79 Å². The Morgan fingerprint density at radius 3 is 2.56 bits per heavy atom. The summed E-state index contributed by atoms with van der Waals surface area (Å²) in [5.74, 6) is 0.864. The first kappa shape index (κ1) is 12.7. The lowest BCUT2D eigenvalue weighted by Crippen LogP contribution is -2.13. The molecule has 1 aromatic rings. The van der Waals surface area contributed by atoms with Crippen molar-refractivity contribution in [1.82, 2.24) is 0 Å². The van der Waals surface area contributed by atoms with Crippen LogP contribution in [0.25, 0.3) is 0 Å². The van der Waals surface area contributed by atoms with E-state index >= 15 is 0 Å². The van der Waals surface area contributed by atoms with Crippen LogP contribution in [-0.4, -0.2) is 17.4 Å². The van der Waals surface area contributed by atoms with Crippen LogP contribution in [-0.2, 0) is 11.2 Å². The first-order chi connectivity index (χ1) is 7.61. The standard InChI is InChI=1S/C13H19NO2/c1-10(9-14)2-5-13(16)8-11-3-6-12(15)7-4-11/h3-4,6-7,10,15H,2,5,8-9,14H2,1H3. The van der Waals surface area contributed by atoms with Gasteiger partial charge in [0.1, 0.15) is 11.5 Å². The smallest absolute Gasteiger partial charge is 0.137 e. The van der Waals surface area contributed by atoms with E-state index in [0.717, 1.165) is 12.0 Å². The van der Waals surface area contributed by atoms with Gasteiger partial charge in [0, 0.05) is 12.8 Å². The molecule has 1 unspecified atom stereocenters. The highest BCUT2D eigenvalue weighted by molar-refractivity contribution is 5.80. The normalized spacial score (nSPS) is 12.4. The van der Waals surface area contributed by atoms with Crippen LogP contribution >= 0.6 is 0 Å². The molecule has 0 saturated heterocycles. The van der Waals surface area contributed by atoms with Crippen molar-refractivity contribution in [3.63, 3.8) is 0 Å². The maximum atomic E-state index is 11.6. The van der Waals surface area contributed by atoms with Crippen molar-refractivity contribution in [3.8, 4) is 5.75 Å². The summed E-state index contributed by atoms with van der Waals surface area (Å²) in [5.41, 5.74) is 6.44. The zero-order valence-electron chi connectivity index (χ0n) is 9.65. The highest BCUT2D eigenvalue weighted by Gasteiger charge is 2.06. The largest absolute Gasteiger partial charge is 0.508 e. The monoisotopic (exact) mass is 221 g/mol. The van der Waals surface area contributed by atoms with E-state index < -0.39 is 0 Å². The summed E-state index contributed by atoms with van der Waals surface area (Å²) in [6, 6.07) is 6.76. The van der Waals surface area contributed by atoms with E-state index in [-0.39, 0.29) is 11.5 Å². The van der Waals surface area contributed by atoms with Crippen molar-refractivity contribution in [2.75, 3.05) is 6.54 Å². The number of hydrogen-bond acceptors (Lipinski definition) is 3. The number of rotatable bonds is 6. The van der Waals surface area contributed by atoms with Crippen LogP contribution in [0.1, 0.15) is 25.3 Å². The second-order valence-corrected chi connectivity index (χ2v) is 4.26. The Balaban J connectivity index is 2.37. The van der Waals surface area contributed by atoms with Crippen LogP contribution in [0, 0.1) is 5.92 Å². The fourth-order valence-corrected chi connectivity index (χ4v) is 1.46. The van der Waals surface area contributed by atoms with Gasteiger partial charge in [0.05, 0.1) is 0 Å². The molecule has 0 aliphatic heterocycles. The molecule has 0 bridgehead atoms. The average Bonchev–Trinajstić information content (AvgIpc) is 2.29. The number of Topliss-reactive ketones (excluding diaryl/α,β-unsaturated/α-hetero) is 1. The summed E-state index contributed by atoms with van der Waals surface area (Å²) in [6.45, 7) is 2.68. The van der Waals surface area contributed by atoms with Crippen molar-refractivity contribution in [1.29, 1.82) is 0 Å². The minimum absolute atomic E-state index is 0.228. The molecule has 3 nitrogen and oxygen atoms in total. The number of carbonyl (C=O) groups is 1. The number of carbonyl (C=O) groups excluding carboxylic acids is 1. The van der Waals surface area contributed by atoms with Crippen LogP contribution in [0.15, 0.2) is 24.3 Å². The lowest BCUT2D eigenvalue weighted by molar-refractivity contribution is -0.118. The van der Waals surface area contributed by atoms with Gasteiger partial charge in [-0.25, -0.2) is 0 Å². The molecule has 0 fully saturated rings. The van der Waals surface area contributed by atoms with Gasteiger partial charge >= 0.3 is 0 Å². The minimum Gasteiger partial charge on any atom is -0.508 e. The molecule has 0 heterocycles. The van der Waals surface area contributed by atoms with Gasteiger partial charge < -0.3 is 10.8 Å². The molecule has 3 heteroatoms. The molecular formula is C13H19NO2. The first-order valence-corrected chi connectivity index (χ1v) is 5.61. The second-order valence-electron chi connectivity index (χ2n) is 4.26. The van der Waals surface area contributed by atoms with Gasteiger partial charge in [0.2, 0.25) is 0 Å². The van der Waals surface area contributed by atoms with Gasteiger partial charge in [0.15, 0.2) is 0 Å². The van der Waals surface area contributed by atoms with Gasteiger partial charge in [-0.1, -0.05) is 19.1 Å². The number of aromatic hydroxyl groups is 1. The van der Waals surface area contributed by atoms with E-state index in [2.05, 4.69) is 0 Å². The molecule has 0 saturated carbocycles. The SMILES string of the molecule is CC(CN)CCC(=O)Cc1ccc(O)cc1. The predicted molar refractivity (Wildman–Crippen MR) is 64.3 cm³/mol. The summed E-state index contributed by atoms with van der Waals surface area (Å²) in [5, 5.41) is 9.10. The van der Waals surface area contributed by atoms with E-state index in [1.54, 1.807) is 24.3 Å². The number of phenolic OH excluding ortho intramolecular Hbond substituents is 1. The summed E-state index contributed by atoms with van der Waals surface area (Å²) in [7, 11) is 0. The lowest BCUT2D eigenvalue weighted by Gasteiger charge is -2.07. The first-order valence-electron chi connectivity index (χ1n) is 5.61. The zero-order valence-corrected chi connectivity index (χ0v) is 9.65. The Morgan fingerprint density at radius 1 is 1.38 bits per heavy atom. The van der Waals surface area contributed by atoms with Crippen LogP contribution in [0.3, 0.4) is 0 Å². The van der Waals surface area contributed by atoms with Gasteiger partial charge in [-0.2, -0.15) is 0 Å². The molecule has 16 heavy (non-hydrogen) atoms. The Hall–Kier alpha value is -1.35. The molecule has 0 aromatic heterocycles. The van der Waals surface area contributed by atoms with Crippen molar-refractivity contribution < 1.29 is 9.90 Å². The third-order valence-corrected chi connectivity index (χ3v) is 2.66. The van der Waals surface area contributed by atoms with E-state index in [0.29, 0.717) is 25.3 Å². The molecular weight excluding hydrogens is 202 g/mol. The summed E-state index contributed by atoms with van der Waals surface area (Å²) in [4.78, 5) is 11.6. The molecule has 0 spiro atoms. The predicted octanol–water partition coefficient (Wildman–Crippen LogP) is 1.88. The van der Waals surface area contributed by atoms with Crippen molar-refractivity contribution in [3.05, 3.63) is 29.8 Å². The van der Waals surface area contributed by atoms with Gasteiger partial charge in [-0.15, -0.1) is 0 Å². The highest BCUT2D eigenvalue weighted by Crippen LogP contribution is 2.12. The second kappa shape index (κ2) is 6.28. The maximum Gasteiger partial charge on any atom is 0.137 e. The number of nitrogens with two attached hydrogens (primary N) is 1. The van der Waals surface area contributed by atoms with E-state index in [1.165, 1.54) is 0 Å². The topological polar surface area (TPSA) is 63.3 Å². The summed E-state index contributed by atoms with van der Waals surface area (Å²) < 4.78 is 0. The fourth-order valence-electron chi connectivity index (χ4n) is 1.46. The number of ketones is 1. The third kappa shape index (κ3) is 4.45. The van der Waals surface area contributed by atoms with E-state index in [1.807, 2.05) is 6.92 Å². The molecule has 1 atom stereocenters. The van der Waals surface area contributed by atoms with Crippen molar-refractivity contribution >= 4 is 5.78 Å². The summed E-state index contributed by atoms with van der Waals surface area (Å²) >= 11 is 0.